The molecule has 7 nitrogen and oxygen atoms in total. The molecule has 0 saturated carbocycles. The van der Waals surface area contributed by atoms with E-state index in [4.69, 9.17) is 0 Å². The molecule has 118 valence electrons. The van der Waals surface area contributed by atoms with E-state index in [0.29, 0.717) is 0 Å². The number of nitrogens with one attached hydrogen (secondary N) is 1. The molecule has 0 amide bonds. The fourth-order valence-electron chi connectivity index (χ4n) is 2.82. The molecule has 1 unspecified atom stereocenters. The van der Waals surface area contributed by atoms with E-state index in [-0.39, 0.29) is 12.6 Å². The van der Waals surface area contributed by atoms with Crippen LogP contribution in [0.3, 0.4) is 0 Å². The van der Waals surface area contributed by atoms with Gasteiger partial charge >= 0.3 is 0 Å². The van der Waals surface area contributed by atoms with E-state index < -0.39 is 0 Å². The van der Waals surface area contributed by atoms with Crippen LogP contribution in [0.15, 0.2) is 24.8 Å². The summed E-state index contributed by atoms with van der Waals surface area (Å²) >= 11 is 0. The molecule has 1 atom stereocenters. The zero-order valence-electron chi connectivity index (χ0n) is 12.8. The standard InChI is InChI=1S/C15H22N6O/c1-12-8-19-20(9-12)6-4-16-14-7-15(18-11-17-14)21-5-2-3-13(21)10-22/h7-9,11,13,22H,2-6,10H2,1H3,(H,16,17,18). The fourth-order valence-corrected chi connectivity index (χ4v) is 2.82. The number of aromatic nitrogens is 4. The van der Waals surface area contributed by atoms with E-state index >= 15 is 0 Å². The van der Waals surface area contributed by atoms with Crippen LogP contribution in [0.4, 0.5) is 11.6 Å². The third-order valence-corrected chi connectivity index (χ3v) is 3.94. The van der Waals surface area contributed by atoms with Crippen molar-refractivity contribution in [3.63, 3.8) is 0 Å². The van der Waals surface area contributed by atoms with Crippen LogP contribution in [0.5, 0.6) is 0 Å². The van der Waals surface area contributed by atoms with Crippen molar-refractivity contribution in [2.45, 2.75) is 32.4 Å². The van der Waals surface area contributed by atoms with Crippen LogP contribution < -0.4 is 10.2 Å². The Bertz CT molecular complexity index is 614. The van der Waals surface area contributed by atoms with Crippen LogP contribution in [0.2, 0.25) is 0 Å². The number of aliphatic hydroxyl groups excluding tert-OH is 1. The van der Waals surface area contributed by atoms with Gasteiger partial charge in [0, 0.05) is 25.4 Å². The molecule has 0 bridgehead atoms. The predicted octanol–water partition coefficient (Wildman–Crippen LogP) is 1.05. The van der Waals surface area contributed by atoms with Crippen LogP contribution in [0, 0.1) is 6.92 Å². The molecule has 3 rings (SSSR count). The van der Waals surface area contributed by atoms with E-state index in [1.807, 2.05) is 30.1 Å². The number of aliphatic hydroxyl groups is 1. The highest BCUT2D eigenvalue weighted by Gasteiger charge is 2.25. The van der Waals surface area contributed by atoms with Crippen molar-refractivity contribution < 1.29 is 5.11 Å². The monoisotopic (exact) mass is 302 g/mol. The van der Waals surface area contributed by atoms with E-state index in [1.54, 1.807) is 6.33 Å². The summed E-state index contributed by atoms with van der Waals surface area (Å²) < 4.78 is 1.91. The van der Waals surface area contributed by atoms with E-state index in [2.05, 4.69) is 25.3 Å². The molecule has 2 aromatic rings. The Kier molecular flexibility index (Phi) is 4.53. The van der Waals surface area contributed by atoms with Crippen LogP contribution in [-0.2, 0) is 6.54 Å². The summed E-state index contributed by atoms with van der Waals surface area (Å²) in [6.45, 7) is 4.68. The maximum Gasteiger partial charge on any atom is 0.134 e. The minimum atomic E-state index is 0.172. The molecule has 1 saturated heterocycles. The Morgan fingerprint density at radius 2 is 2.32 bits per heavy atom. The van der Waals surface area contributed by atoms with Crippen LogP contribution in [-0.4, -0.2) is 50.6 Å². The quantitative estimate of drug-likeness (QED) is 0.830. The molecule has 2 aromatic heterocycles. The first-order valence-electron chi connectivity index (χ1n) is 7.69. The molecule has 1 aliphatic heterocycles. The lowest BCUT2D eigenvalue weighted by molar-refractivity contribution is 0.266. The molecule has 7 heteroatoms. The average Bonchev–Trinajstić information content (AvgIpc) is 3.16. The van der Waals surface area contributed by atoms with Gasteiger partial charge in [-0.3, -0.25) is 4.68 Å². The second-order valence-corrected chi connectivity index (χ2v) is 5.64. The first-order chi connectivity index (χ1) is 10.8. The minimum Gasteiger partial charge on any atom is -0.394 e. The number of aryl methyl sites for hydroxylation is 1. The highest BCUT2D eigenvalue weighted by atomic mass is 16.3. The molecular formula is C15H22N6O. The van der Waals surface area contributed by atoms with Crippen LogP contribution in [0.1, 0.15) is 18.4 Å². The Labute approximate surface area is 130 Å². The minimum absolute atomic E-state index is 0.172. The average molecular weight is 302 g/mol. The number of hydrogen-bond acceptors (Lipinski definition) is 6. The molecule has 22 heavy (non-hydrogen) atoms. The summed E-state index contributed by atoms with van der Waals surface area (Å²) in [6, 6.07) is 2.12. The normalized spacial score (nSPS) is 17.9. The number of anilines is 2. The van der Waals surface area contributed by atoms with Crippen molar-refractivity contribution in [1.29, 1.82) is 0 Å². The second kappa shape index (κ2) is 6.74. The van der Waals surface area contributed by atoms with Gasteiger partial charge in [-0.15, -0.1) is 0 Å². The highest BCUT2D eigenvalue weighted by molar-refractivity contribution is 5.49. The molecule has 0 aliphatic carbocycles. The van der Waals surface area contributed by atoms with Gasteiger partial charge in [0.05, 0.1) is 25.4 Å². The van der Waals surface area contributed by atoms with Crippen LogP contribution >= 0.6 is 0 Å². The summed E-state index contributed by atoms with van der Waals surface area (Å²) in [6.07, 6.45) is 7.55. The number of rotatable bonds is 6. The molecule has 0 spiro atoms. The maximum atomic E-state index is 9.43. The fraction of sp³-hybridized carbons (Fsp3) is 0.533. The SMILES string of the molecule is Cc1cnn(CCNc2cc(N3CCCC3CO)ncn2)c1. The van der Waals surface area contributed by atoms with Gasteiger partial charge in [-0.1, -0.05) is 0 Å². The first-order valence-corrected chi connectivity index (χ1v) is 7.69. The van der Waals surface area contributed by atoms with Gasteiger partial charge in [0.2, 0.25) is 0 Å². The summed E-state index contributed by atoms with van der Waals surface area (Å²) in [5.41, 5.74) is 1.16. The van der Waals surface area contributed by atoms with Crippen molar-refractivity contribution >= 4 is 11.6 Å². The number of nitrogens with zero attached hydrogens (tertiary/aromatic N) is 5. The summed E-state index contributed by atoms with van der Waals surface area (Å²) in [4.78, 5) is 10.7. The van der Waals surface area contributed by atoms with Crippen LogP contribution in [0.25, 0.3) is 0 Å². The lowest BCUT2D eigenvalue weighted by Crippen LogP contribution is -2.32. The summed E-state index contributed by atoms with van der Waals surface area (Å²) in [7, 11) is 0. The molecular weight excluding hydrogens is 280 g/mol. The topological polar surface area (TPSA) is 79.1 Å². The molecule has 3 heterocycles. The van der Waals surface area contributed by atoms with Gasteiger partial charge in [-0.25, -0.2) is 9.97 Å². The van der Waals surface area contributed by atoms with Gasteiger partial charge in [-0.05, 0) is 25.3 Å². The Hall–Kier alpha value is -2.15. The first kappa shape index (κ1) is 14.8. The smallest absolute Gasteiger partial charge is 0.134 e. The van der Waals surface area contributed by atoms with Crippen molar-refractivity contribution in [2.75, 3.05) is 29.9 Å². The molecule has 0 aromatic carbocycles. The predicted molar refractivity (Wildman–Crippen MR) is 84.9 cm³/mol. The summed E-state index contributed by atoms with van der Waals surface area (Å²) in [5, 5.41) is 17.0. The van der Waals surface area contributed by atoms with Gasteiger partial charge in [0.15, 0.2) is 0 Å². The van der Waals surface area contributed by atoms with E-state index in [1.165, 1.54) is 0 Å². The van der Waals surface area contributed by atoms with E-state index in [0.717, 1.165) is 49.7 Å². The second-order valence-electron chi connectivity index (χ2n) is 5.64. The Morgan fingerprint density at radius 1 is 1.41 bits per heavy atom. The van der Waals surface area contributed by atoms with Crippen molar-refractivity contribution in [3.05, 3.63) is 30.4 Å². The molecule has 0 radical (unpaired) electrons. The third kappa shape index (κ3) is 3.36. The van der Waals surface area contributed by atoms with Gasteiger partial charge < -0.3 is 15.3 Å². The van der Waals surface area contributed by atoms with Gasteiger partial charge in [-0.2, -0.15) is 5.10 Å². The Morgan fingerprint density at radius 3 is 3.09 bits per heavy atom. The molecule has 2 N–H and O–H groups in total. The van der Waals surface area contributed by atoms with Crippen molar-refractivity contribution in [3.8, 4) is 0 Å². The molecule has 1 fully saturated rings. The zero-order chi connectivity index (χ0) is 15.4. The van der Waals surface area contributed by atoms with E-state index in [9.17, 15) is 5.11 Å². The zero-order valence-corrected chi connectivity index (χ0v) is 12.8. The van der Waals surface area contributed by atoms with Crippen molar-refractivity contribution in [1.82, 2.24) is 19.7 Å². The lowest BCUT2D eigenvalue weighted by Gasteiger charge is -2.24. The number of hydrogen-bond donors (Lipinski definition) is 2. The van der Waals surface area contributed by atoms with Crippen molar-refractivity contribution in [2.24, 2.45) is 0 Å². The lowest BCUT2D eigenvalue weighted by atomic mass is 10.2. The highest BCUT2D eigenvalue weighted by Crippen LogP contribution is 2.24. The van der Waals surface area contributed by atoms with Gasteiger partial charge in [0.1, 0.15) is 18.0 Å². The largest absolute Gasteiger partial charge is 0.394 e. The molecule has 1 aliphatic rings. The summed E-state index contributed by atoms with van der Waals surface area (Å²) in [5.74, 6) is 1.68. The maximum absolute atomic E-state index is 9.43. The third-order valence-electron chi connectivity index (χ3n) is 3.94. The Balaban J connectivity index is 1.59. The van der Waals surface area contributed by atoms with Gasteiger partial charge in [0.25, 0.3) is 0 Å².